The summed E-state index contributed by atoms with van der Waals surface area (Å²) in [6.07, 6.45) is -0.761. The molecule has 0 radical (unpaired) electrons. The molecule has 1 aromatic carbocycles. The van der Waals surface area contributed by atoms with E-state index in [9.17, 15) is 18.0 Å². The van der Waals surface area contributed by atoms with E-state index >= 15 is 0 Å². The van der Waals surface area contributed by atoms with Gasteiger partial charge in [0.1, 0.15) is 11.4 Å². The number of halogens is 3. The molecule has 3 heterocycles. The largest absolute Gasteiger partial charge is 0.493 e. The molecule has 4 rings (SSSR count). The number of carbonyl (C=O) groups is 1. The molecule has 1 aliphatic heterocycles. The molecule has 1 aliphatic rings. The van der Waals surface area contributed by atoms with Gasteiger partial charge < -0.3 is 20.1 Å². The Morgan fingerprint density at radius 2 is 1.97 bits per heavy atom. The third-order valence-corrected chi connectivity index (χ3v) is 5.21. The van der Waals surface area contributed by atoms with Gasteiger partial charge in [0.15, 0.2) is 17.5 Å². The number of hydrogen-bond donors (Lipinski definition) is 2. The lowest BCUT2D eigenvalue weighted by atomic mass is 9.96. The smallest absolute Gasteiger partial charge is 0.410 e. The quantitative estimate of drug-likeness (QED) is 0.609. The maximum absolute atomic E-state index is 13.9. The van der Waals surface area contributed by atoms with Crippen LogP contribution in [0.3, 0.4) is 0 Å². The molecule has 3 aromatic rings. The average molecular weight is 447 g/mol. The van der Waals surface area contributed by atoms with E-state index in [1.165, 1.54) is 20.4 Å². The average Bonchev–Trinajstić information content (AvgIpc) is 3.22. The number of fused-ring (bicyclic) bond motifs is 1. The van der Waals surface area contributed by atoms with Crippen LogP contribution in [0.5, 0.6) is 11.5 Å². The van der Waals surface area contributed by atoms with Crippen molar-refractivity contribution >= 4 is 17.4 Å². The molecule has 0 saturated carbocycles. The zero-order valence-electron chi connectivity index (χ0n) is 17.2. The van der Waals surface area contributed by atoms with Crippen molar-refractivity contribution in [2.45, 2.75) is 24.7 Å². The van der Waals surface area contributed by atoms with Gasteiger partial charge in [0, 0.05) is 12.6 Å². The number of carbonyl (C=O) groups excluding carboxylic acids is 1. The van der Waals surface area contributed by atoms with E-state index in [2.05, 4.69) is 20.7 Å². The molecule has 2 atom stereocenters. The summed E-state index contributed by atoms with van der Waals surface area (Å²) in [5.41, 5.74) is 0.966. The highest BCUT2D eigenvalue weighted by Crippen LogP contribution is 2.45. The minimum absolute atomic E-state index is 0.00622. The summed E-state index contributed by atoms with van der Waals surface area (Å²) in [6.45, 7) is 0. The number of alkyl halides is 3. The Morgan fingerprint density at radius 3 is 2.62 bits per heavy atom. The van der Waals surface area contributed by atoms with Crippen LogP contribution >= 0.6 is 0 Å². The molecule has 8 nitrogen and oxygen atoms in total. The summed E-state index contributed by atoms with van der Waals surface area (Å²) < 4.78 is 53.0. The maximum Gasteiger partial charge on any atom is 0.410 e. The number of hydrogen-bond acceptors (Lipinski definition) is 6. The first kappa shape index (κ1) is 21.5. The van der Waals surface area contributed by atoms with E-state index in [1.807, 2.05) is 0 Å². The van der Waals surface area contributed by atoms with Gasteiger partial charge in [-0.15, -0.1) is 0 Å². The van der Waals surface area contributed by atoms with Crippen molar-refractivity contribution in [3.63, 3.8) is 0 Å². The van der Waals surface area contributed by atoms with Crippen LogP contribution in [0, 0.1) is 0 Å². The summed E-state index contributed by atoms with van der Waals surface area (Å²) in [5.74, 6) is 0.241. The van der Waals surface area contributed by atoms with Gasteiger partial charge in [-0.3, -0.25) is 9.78 Å². The fraction of sp³-hybridized carbons (Fsp3) is 0.286. The number of benzene rings is 1. The zero-order valence-corrected chi connectivity index (χ0v) is 17.2. The first-order valence-corrected chi connectivity index (χ1v) is 9.66. The molecular formula is C21H20F3N5O3. The van der Waals surface area contributed by atoms with E-state index in [4.69, 9.17) is 9.47 Å². The highest BCUT2D eigenvalue weighted by molar-refractivity contribution is 6.07. The number of pyridine rings is 1. The van der Waals surface area contributed by atoms with Gasteiger partial charge in [0.25, 0.3) is 5.91 Å². The first-order valence-electron chi connectivity index (χ1n) is 9.66. The molecule has 2 N–H and O–H groups in total. The number of ether oxygens (including phenoxy) is 2. The number of amides is 1. The molecule has 0 fully saturated rings. The molecule has 0 saturated heterocycles. The van der Waals surface area contributed by atoms with Crippen molar-refractivity contribution in [1.82, 2.24) is 14.8 Å². The van der Waals surface area contributed by atoms with E-state index in [0.717, 1.165) is 10.9 Å². The van der Waals surface area contributed by atoms with Gasteiger partial charge in [-0.25, -0.2) is 4.68 Å². The van der Waals surface area contributed by atoms with Gasteiger partial charge in [0.2, 0.25) is 0 Å². The molecule has 0 bridgehead atoms. The third kappa shape index (κ3) is 4.05. The van der Waals surface area contributed by atoms with Gasteiger partial charge >= 0.3 is 6.18 Å². The summed E-state index contributed by atoms with van der Waals surface area (Å²) in [5, 5.41) is 9.54. The predicted octanol–water partition coefficient (Wildman–Crippen LogP) is 4.21. The standard InChI is InChI=1S/C21H20F3N5O3/c1-31-16-6-5-12(8-17(16)32-2)15-9-18(21(22,23)24)29-19(28-15)14(11-26-29)20(30)27-13-4-3-7-25-10-13/h3-8,10-11,15,18,28H,9H2,1-2H3,(H,27,30). The summed E-state index contributed by atoms with van der Waals surface area (Å²) in [7, 11) is 2.92. The molecule has 2 unspecified atom stereocenters. The van der Waals surface area contributed by atoms with E-state index in [-0.39, 0.29) is 17.8 Å². The van der Waals surface area contributed by atoms with Crippen LogP contribution in [0.1, 0.15) is 34.4 Å². The molecule has 11 heteroatoms. The van der Waals surface area contributed by atoms with Crippen LogP contribution < -0.4 is 20.1 Å². The molecule has 1 amide bonds. The molecule has 2 aromatic heterocycles. The monoisotopic (exact) mass is 447 g/mol. The van der Waals surface area contributed by atoms with Crippen LogP contribution in [-0.4, -0.2) is 41.1 Å². The third-order valence-electron chi connectivity index (χ3n) is 5.21. The second-order valence-electron chi connectivity index (χ2n) is 7.15. The van der Waals surface area contributed by atoms with Crippen LogP contribution in [0.4, 0.5) is 24.7 Å². The number of aromatic nitrogens is 3. The normalized spacial score (nSPS) is 17.8. The minimum atomic E-state index is -4.56. The number of rotatable bonds is 5. The molecular weight excluding hydrogens is 427 g/mol. The Kier molecular flexibility index (Phi) is 5.64. The van der Waals surface area contributed by atoms with Crippen molar-refractivity contribution in [2.24, 2.45) is 0 Å². The van der Waals surface area contributed by atoms with Crippen molar-refractivity contribution in [2.75, 3.05) is 24.9 Å². The molecule has 32 heavy (non-hydrogen) atoms. The Hall–Kier alpha value is -3.76. The van der Waals surface area contributed by atoms with Crippen LogP contribution in [-0.2, 0) is 0 Å². The van der Waals surface area contributed by atoms with Gasteiger partial charge in [-0.2, -0.15) is 18.3 Å². The van der Waals surface area contributed by atoms with E-state index in [1.54, 1.807) is 36.5 Å². The summed E-state index contributed by atoms with van der Waals surface area (Å²) in [4.78, 5) is 16.7. The van der Waals surface area contributed by atoms with Crippen molar-refractivity contribution < 1.29 is 27.4 Å². The minimum Gasteiger partial charge on any atom is -0.493 e. The second kappa shape index (κ2) is 8.40. The zero-order chi connectivity index (χ0) is 22.9. The SMILES string of the molecule is COc1ccc(C2CC(C(F)(F)F)n3ncc(C(=O)Nc4cccnc4)c3N2)cc1OC. The predicted molar refractivity (Wildman–Crippen MR) is 110 cm³/mol. The number of nitrogens with one attached hydrogen (secondary N) is 2. The highest BCUT2D eigenvalue weighted by Gasteiger charge is 2.47. The number of methoxy groups -OCH3 is 2. The van der Waals surface area contributed by atoms with Crippen LogP contribution in [0.25, 0.3) is 0 Å². The maximum atomic E-state index is 13.9. The number of anilines is 2. The summed E-state index contributed by atoms with van der Waals surface area (Å²) >= 11 is 0. The topological polar surface area (TPSA) is 90.3 Å². The Bertz CT molecular complexity index is 1120. The second-order valence-corrected chi connectivity index (χ2v) is 7.15. The fourth-order valence-electron chi connectivity index (χ4n) is 3.65. The Labute approximate surface area is 181 Å². The van der Waals surface area contributed by atoms with E-state index in [0.29, 0.717) is 22.7 Å². The molecule has 0 aliphatic carbocycles. The Balaban J connectivity index is 1.70. The molecule has 168 valence electrons. The first-order chi connectivity index (χ1) is 15.3. The number of nitrogens with zero attached hydrogens (tertiary/aromatic N) is 3. The van der Waals surface area contributed by atoms with Crippen molar-refractivity contribution in [3.8, 4) is 11.5 Å². The lowest BCUT2D eigenvalue weighted by molar-refractivity contribution is -0.173. The van der Waals surface area contributed by atoms with Gasteiger partial charge in [-0.1, -0.05) is 6.07 Å². The fourth-order valence-corrected chi connectivity index (χ4v) is 3.65. The van der Waals surface area contributed by atoms with E-state index < -0.39 is 24.2 Å². The van der Waals surface area contributed by atoms with Gasteiger partial charge in [0.05, 0.1) is 38.3 Å². The van der Waals surface area contributed by atoms with Gasteiger partial charge in [-0.05, 0) is 29.8 Å². The van der Waals surface area contributed by atoms with Crippen molar-refractivity contribution in [3.05, 3.63) is 60.0 Å². The lowest BCUT2D eigenvalue weighted by Gasteiger charge is -2.34. The highest BCUT2D eigenvalue weighted by atomic mass is 19.4. The van der Waals surface area contributed by atoms with Crippen molar-refractivity contribution in [1.29, 1.82) is 0 Å². The summed E-state index contributed by atoms with van der Waals surface area (Å²) in [6, 6.07) is 5.51. The Morgan fingerprint density at radius 1 is 1.19 bits per heavy atom. The van der Waals surface area contributed by atoms with Crippen LogP contribution in [0.2, 0.25) is 0 Å². The van der Waals surface area contributed by atoms with Crippen LogP contribution in [0.15, 0.2) is 48.9 Å². The lowest BCUT2D eigenvalue weighted by Crippen LogP contribution is -2.36. The molecule has 0 spiro atoms.